The maximum Gasteiger partial charge on any atom is 0.338 e. The first-order valence-electron chi connectivity index (χ1n) is 11.2. The van der Waals surface area contributed by atoms with Crippen LogP contribution in [-0.2, 0) is 25.6 Å². The van der Waals surface area contributed by atoms with Crippen molar-refractivity contribution in [1.29, 1.82) is 0 Å². The summed E-state index contributed by atoms with van der Waals surface area (Å²) in [6, 6.07) is 14.5. The molecule has 0 aliphatic carbocycles. The molecule has 2 aromatic carbocycles. The van der Waals surface area contributed by atoms with E-state index in [9.17, 15) is 14.4 Å². The fourth-order valence-corrected chi connectivity index (χ4v) is 4.65. The van der Waals surface area contributed by atoms with Crippen LogP contribution in [0.3, 0.4) is 0 Å². The number of amides is 2. The van der Waals surface area contributed by atoms with Crippen LogP contribution in [0.4, 0.5) is 5.69 Å². The van der Waals surface area contributed by atoms with Crippen LogP contribution in [-0.4, -0.2) is 65.9 Å². The fraction of sp³-hybridized carbons (Fsp3) is 0.320. The Hall–Kier alpha value is -3.30. The number of carbonyl (C=O) groups excluding carboxylic acids is 3. The minimum atomic E-state index is -0.389. The third-order valence-corrected chi connectivity index (χ3v) is 6.50. The monoisotopic (exact) mass is 481 g/mol. The van der Waals surface area contributed by atoms with Gasteiger partial charge < -0.3 is 24.3 Å². The Bertz CT molecular complexity index is 1170. The van der Waals surface area contributed by atoms with E-state index in [4.69, 9.17) is 9.47 Å². The first kappa shape index (κ1) is 23.8. The van der Waals surface area contributed by atoms with Gasteiger partial charge in [-0.3, -0.25) is 9.59 Å². The number of carbonyl (C=O) groups is 3. The smallest absolute Gasteiger partial charge is 0.338 e. The number of anilines is 1. The number of nitrogens with zero attached hydrogens (tertiary/aromatic N) is 2. The lowest BCUT2D eigenvalue weighted by Crippen LogP contribution is -2.42. The minimum Gasteiger partial charge on any atom is -0.462 e. The maximum atomic E-state index is 12.7. The standard InChI is InChI=1S/C25H27N3O5S/c1-2-33-25(31)18-7-9-19(10-8-18)26-23(29)17-34-22-15-28(21-6-4-3-5-20(21)22)16-24(30)27-11-13-32-14-12-27/h3-10,15H,2,11-14,16-17H2,1H3,(H,26,29). The molecule has 0 radical (unpaired) electrons. The molecule has 1 N–H and O–H groups in total. The van der Waals surface area contributed by atoms with E-state index >= 15 is 0 Å². The van der Waals surface area contributed by atoms with Gasteiger partial charge in [0.15, 0.2) is 0 Å². The number of benzene rings is 2. The van der Waals surface area contributed by atoms with Crippen LogP contribution in [0.2, 0.25) is 0 Å². The number of para-hydroxylation sites is 1. The molecule has 0 atom stereocenters. The van der Waals surface area contributed by atoms with Crippen molar-refractivity contribution in [3.05, 3.63) is 60.3 Å². The molecular formula is C25H27N3O5S. The highest BCUT2D eigenvalue weighted by molar-refractivity contribution is 8.00. The highest BCUT2D eigenvalue weighted by Crippen LogP contribution is 2.30. The molecule has 0 bridgehead atoms. The lowest BCUT2D eigenvalue weighted by atomic mass is 10.2. The number of hydrogen-bond acceptors (Lipinski definition) is 6. The van der Waals surface area contributed by atoms with Gasteiger partial charge >= 0.3 is 5.97 Å². The molecule has 2 heterocycles. The van der Waals surface area contributed by atoms with Crippen molar-refractivity contribution >= 4 is 46.1 Å². The molecule has 1 saturated heterocycles. The molecular weight excluding hydrogens is 454 g/mol. The van der Waals surface area contributed by atoms with Gasteiger partial charge in [-0.15, -0.1) is 11.8 Å². The molecule has 1 aliphatic rings. The number of hydrogen-bond donors (Lipinski definition) is 1. The second-order valence-electron chi connectivity index (χ2n) is 7.77. The molecule has 3 aromatic rings. The lowest BCUT2D eigenvalue weighted by Gasteiger charge is -2.27. The number of thioether (sulfide) groups is 1. The van der Waals surface area contributed by atoms with Crippen molar-refractivity contribution in [1.82, 2.24) is 9.47 Å². The molecule has 1 aliphatic heterocycles. The van der Waals surface area contributed by atoms with Crippen LogP contribution in [0.1, 0.15) is 17.3 Å². The molecule has 0 saturated carbocycles. The van der Waals surface area contributed by atoms with E-state index in [2.05, 4.69) is 5.32 Å². The van der Waals surface area contributed by atoms with Crippen molar-refractivity contribution < 1.29 is 23.9 Å². The number of ether oxygens (including phenoxy) is 2. The summed E-state index contributed by atoms with van der Waals surface area (Å²) in [5, 5.41) is 3.86. The molecule has 34 heavy (non-hydrogen) atoms. The van der Waals surface area contributed by atoms with E-state index in [1.807, 2.05) is 39.9 Å². The van der Waals surface area contributed by atoms with Crippen molar-refractivity contribution in [2.45, 2.75) is 18.4 Å². The van der Waals surface area contributed by atoms with E-state index in [1.54, 1.807) is 31.2 Å². The van der Waals surface area contributed by atoms with Crippen molar-refractivity contribution in [3.8, 4) is 0 Å². The Morgan fingerprint density at radius 3 is 2.53 bits per heavy atom. The van der Waals surface area contributed by atoms with Crippen LogP contribution in [0, 0.1) is 0 Å². The van der Waals surface area contributed by atoms with Gasteiger partial charge in [0.25, 0.3) is 0 Å². The molecule has 2 amide bonds. The maximum absolute atomic E-state index is 12.7. The van der Waals surface area contributed by atoms with E-state index < -0.39 is 0 Å². The zero-order valence-corrected chi connectivity index (χ0v) is 19.8. The fourth-order valence-electron chi connectivity index (χ4n) is 3.76. The number of fused-ring (bicyclic) bond motifs is 1. The molecule has 4 rings (SSSR count). The van der Waals surface area contributed by atoms with Crippen LogP contribution >= 0.6 is 11.8 Å². The van der Waals surface area contributed by atoms with Gasteiger partial charge in [0.2, 0.25) is 11.8 Å². The van der Waals surface area contributed by atoms with Crippen LogP contribution in [0.5, 0.6) is 0 Å². The summed E-state index contributed by atoms with van der Waals surface area (Å²) in [6.07, 6.45) is 1.94. The average molecular weight is 482 g/mol. The zero-order chi connectivity index (χ0) is 23.9. The summed E-state index contributed by atoms with van der Waals surface area (Å²) in [4.78, 5) is 39.8. The molecule has 8 nitrogen and oxygen atoms in total. The van der Waals surface area contributed by atoms with E-state index in [1.165, 1.54) is 11.8 Å². The highest BCUT2D eigenvalue weighted by Gasteiger charge is 2.19. The van der Waals surface area contributed by atoms with E-state index in [-0.39, 0.29) is 30.1 Å². The quantitative estimate of drug-likeness (QED) is 0.392. The van der Waals surface area contributed by atoms with Gasteiger partial charge in [-0.2, -0.15) is 0 Å². The third-order valence-electron chi connectivity index (χ3n) is 5.46. The van der Waals surface area contributed by atoms with Crippen LogP contribution in [0.15, 0.2) is 59.6 Å². The molecule has 0 spiro atoms. The minimum absolute atomic E-state index is 0.0598. The number of esters is 1. The van der Waals surface area contributed by atoms with E-state index in [0.29, 0.717) is 44.2 Å². The Morgan fingerprint density at radius 2 is 1.79 bits per heavy atom. The number of nitrogens with one attached hydrogen (secondary N) is 1. The highest BCUT2D eigenvalue weighted by atomic mass is 32.2. The summed E-state index contributed by atoms with van der Waals surface area (Å²) >= 11 is 1.42. The van der Waals surface area contributed by atoms with Gasteiger partial charge in [0, 0.05) is 40.8 Å². The molecule has 178 valence electrons. The Morgan fingerprint density at radius 1 is 1.06 bits per heavy atom. The third kappa shape index (κ3) is 5.78. The van der Waals surface area contributed by atoms with Gasteiger partial charge in [0.05, 0.1) is 31.1 Å². The second-order valence-corrected chi connectivity index (χ2v) is 8.78. The average Bonchev–Trinajstić information content (AvgIpc) is 3.21. The summed E-state index contributed by atoms with van der Waals surface area (Å²) in [6.45, 7) is 4.68. The Kier molecular flexibility index (Phi) is 7.87. The number of aromatic nitrogens is 1. The van der Waals surface area contributed by atoms with Crippen molar-refractivity contribution in [2.75, 3.05) is 44.0 Å². The SMILES string of the molecule is CCOC(=O)c1ccc(NC(=O)CSc2cn(CC(=O)N3CCOCC3)c3ccccc23)cc1. The predicted molar refractivity (Wildman–Crippen MR) is 131 cm³/mol. The predicted octanol–water partition coefficient (Wildman–Crippen LogP) is 3.41. The van der Waals surface area contributed by atoms with Gasteiger partial charge in [-0.05, 0) is 37.3 Å². The van der Waals surface area contributed by atoms with Gasteiger partial charge in [-0.25, -0.2) is 4.79 Å². The second kappa shape index (κ2) is 11.2. The first-order valence-corrected chi connectivity index (χ1v) is 12.2. The normalized spacial score (nSPS) is 13.6. The molecule has 0 unspecified atom stereocenters. The van der Waals surface area contributed by atoms with Crippen molar-refractivity contribution in [3.63, 3.8) is 0 Å². The molecule has 1 aromatic heterocycles. The van der Waals surface area contributed by atoms with Gasteiger partial charge in [0.1, 0.15) is 6.54 Å². The Labute approximate surface area is 202 Å². The summed E-state index contributed by atoms with van der Waals surface area (Å²) in [5.74, 6) is -0.274. The van der Waals surface area contributed by atoms with E-state index in [0.717, 1.165) is 15.8 Å². The van der Waals surface area contributed by atoms with Gasteiger partial charge in [-0.1, -0.05) is 18.2 Å². The van der Waals surface area contributed by atoms with Crippen LogP contribution < -0.4 is 5.32 Å². The lowest BCUT2D eigenvalue weighted by molar-refractivity contribution is -0.135. The van der Waals surface area contributed by atoms with Crippen molar-refractivity contribution in [2.24, 2.45) is 0 Å². The topological polar surface area (TPSA) is 89.9 Å². The summed E-state index contributed by atoms with van der Waals surface area (Å²) < 4.78 is 12.3. The Balaban J connectivity index is 1.38. The summed E-state index contributed by atoms with van der Waals surface area (Å²) in [5.41, 5.74) is 2.01. The summed E-state index contributed by atoms with van der Waals surface area (Å²) in [7, 11) is 0. The molecule has 1 fully saturated rings. The number of morpholine rings is 1. The molecule has 9 heteroatoms. The number of rotatable bonds is 8. The largest absolute Gasteiger partial charge is 0.462 e. The van der Waals surface area contributed by atoms with Crippen LogP contribution in [0.25, 0.3) is 10.9 Å². The first-order chi connectivity index (χ1) is 16.5. The zero-order valence-electron chi connectivity index (χ0n) is 19.0.